The van der Waals surface area contributed by atoms with Crippen LogP contribution in [0.3, 0.4) is 0 Å². The summed E-state index contributed by atoms with van der Waals surface area (Å²) in [5, 5.41) is 9.43. The van der Waals surface area contributed by atoms with Gasteiger partial charge in [0.25, 0.3) is 11.7 Å². The number of piperazine rings is 1. The second-order valence-corrected chi connectivity index (χ2v) is 9.17. The van der Waals surface area contributed by atoms with Gasteiger partial charge in [-0.25, -0.2) is 0 Å². The summed E-state index contributed by atoms with van der Waals surface area (Å²) in [4.78, 5) is 22.9. The summed E-state index contributed by atoms with van der Waals surface area (Å²) in [6, 6.07) is 5.89. The van der Waals surface area contributed by atoms with E-state index < -0.39 is 17.6 Å². The Kier molecular flexibility index (Phi) is 5.96. The lowest BCUT2D eigenvalue weighted by Crippen LogP contribution is -2.43. The number of amides is 1. The Balaban J connectivity index is 1.38. The topological polar surface area (TPSA) is 96.2 Å². The number of hydrogen-bond acceptors (Lipinski definition) is 7. The van der Waals surface area contributed by atoms with Crippen LogP contribution in [-0.4, -0.2) is 47.2 Å². The molecule has 2 aromatic heterocycles. The molecule has 2 aliphatic rings. The summed E-state index contributed by atoms with van der Waals surface area (Å²) in [5.74, 6) is -0.493. The van der Waals surface area contributed by atoms with E-state index in [0.717, 1.165) is 50.8 Å². The van der Waals surface area contributed by atoms with Gasteiger partial charge in [-0.3, -0.25) is 9.78 Å². The fourth-order valence-corrected chi connectivity index (χ4v) is 4.17. The van der Waals surface area contributed by atoms with Gasteiger partial charge in [-0.05, 0) is 36.1 Å². The van der Waals surface area contributed by atoms with E-state index in [4.69, 9.17) is 4.52 Å². The Bertz CT molecular complexity index is 1230. The number of aromatic nitrogens is 3. The highest BCUT2D eigenvalue weighted by atomic mass is 19.4. The summed E-state index contributed by atoms with van der Waals surface area (Å²) in [6.07, 6.45) is 0.446. The van der Waals surface area contributed by atoms with Gasteiger partial charge in [0.2, 0.25) is 5.89 Å². The van der Waals surface area contributed by atoms with E-state index in [1.165, 1.54) is 6.07 Å². The van der Waals surface area contributed by atoms with Crippen LogP contribution in [0.4, 0.5) is 18.9 Å². The van der Waals surface area contributed by atoms with Crippen LogP contribution >= 0.6 is 0 Å². The SMILES string of the molecule is CC1(c2nc(C(=O)NCc3ccc(-c4ccncc4N4CCNCC4)cc3C(F)(F)F)no2)CC1. The second-order valence-electron chi connectivity index (χ2n) is 9.17. The number of anilines is 1. The largest absolute Gasteiger partial charge is 0.416 e. The molecule has 1 saturated carbocycles. The van der Waals surface area contributed by atoms with Crippen LogP contribution in [0.5, 0.6) is 0 Å². The highest BCUT2D eigenvalue weighted by molar-refractivity contribution is 5.90. The number of alkyl halides is 3. The number of nitrogens with one attached hydrogen (secondary N) is 2. The van der Waals surface area contributed by atoms with Gasteiger partial charge < -0.3 is 20.1 Å². The number of rotatable bonds is 6. The molecular formula is C24H25F3N6O2. The summed E-state index contributed by atoms with van der Waals surface area (Å²) >= 11 is 0. The maximum absolute atomic E-state index is 14.0. The summed E-state index contributed by atoms with van der Waals surface area (Å²) in [7, 11) is 0. The van der Waals surface area contributed by atoms with Gasteiger partial charge in [0.1, 0.15) is 0 Å². The summed E-state index contributed by atoms with van der Waals surface area (Å²) < 4.78 is 47.2. The fourth-order valence-electron chi connectivity index (χ4n) is 4.17. The van der Waals surface area contributed by atoms with E-state index in [9.17, 15) is 18.0 Å². The Morgan fingerprint density at radius 3 is 2.71 bits per heavy atom. The van der Waals surface area contributed by atoms with Crippen molar-refractivity contribution < 1.29 is 22.5 Å². The maximum atomic E-state index is 14.0. The number of halogens is 3. The van der Waals surface area contributed by atoms with Crippen molar-refractivity contribution >= 4 is 11.6 Å². The first-order valence-corrected chi connectivity index (χ1v) is 11.5. The average molecular weight is 486 g/mol. The molecule has 1 aromatic carbocycles. The Labute approximate surface area is 199 Å². The number of carbonyl (C=O) groups excluding carboxylic acids is 1. The first-order valence-electron chi connectivity index (χ1n) is 11.5. The zero-order valence-electron chi connectivity index (χ0n) is 19.2. The molecule has 2 fully saturated rings. The minimum atomic E-state index is -4.60. The molecule has 0 radical (unpaired) electrons. The van der Waals surface area contributed by atoms with Gasteiger partial charge in [-0.15, -0.1) is 0 Å². The van der Waals surface area contributed by atoms with Gasteiger partial charge in [0.15, 0.2) is 0 Å². The predicted molar refractivity (Wildman–Crippen MR) is 122 cm³/mol. The molecule has 35 heavy (non-hydrogen) atoms. The van der Waals surface area contributed by atoms with Crippen LogP contribution in [0, 0.1) is 0 Å². The molecule has 0 atom stereocenters. The molecule has 0 spiro atoms. The molecule has 1 aliphatic carbocycles. The molecule has 11 heteroatoms. The van der Waals surface area contributed by atoms with Crippen molar-refractivity contribution in [1.29, 1.82) is 0 Å². The monoisotopic (exact) mass is 486 g/mol. The molecular weight excluding hydrogens is 461 g/mol. The molecule has 3 heterocycles. The van der Waals surface area contributed by atoms with Crippen LogP contribution in [0.25, 0.3) is 11.1 Å². The highest BCUT2D eigenvalue weighted by Crippen LogP contribution is 2.46. The normalized spacial score (nSPS) is 17.3. The molecule has 2 N–H and O–H groups in total. The Morgan fingerprint density at radius 1 is 1.23 bits per heavy atom. The molecule has 1 saturated heterocycles. The zero-order valence-corrected chi connectivity index (χ0v) is 19.2. The third-order valence-electron chi connectivity index (χ3n) is 6.57. The maximum Gasteiger partial charge on any atom is 0.416 e. The zero-order chi connectivity index (χ0) is 24.6. The van der Waals surface area contributed by atoms with Crippen LogP contribution in [0.15, 0.2) is 41.2 Å². The quantitative estimate of drug-likeness (QED) is 0.550. The Morgan fingerprint density at radius 2 is 2.00 bits per heavy atom. The molecule has 0 unspecified atom stereocenters. The number of carbonyl (C=O) groups is 1. The lowest BCUT2D eigenvalue weighted by Gasteiger charge is -2.31. The smallest absolute Gasteiger partial charge is 0.367 e. The van der Waals surface area contributed by atoms with Gasteiger partial charge in [0, 0.05) is 49.9 Å². The van der Waals surface area contributed by atoms with Crippen LogP contribution in [-0.2, 0) is 18.1 Å². The molecule has 3 aromatic rings. The molecule has 184 valence electrons. The lowest BCUT2D eigenvalue weighted by molar-refractivity contribution is -0.138. The summed E-state index contributed by atoms with van der Waals surface area (Å²) in [5.41, 5.74) is 0.837. The fraction of sp³-hybridized carbons (Fsp3) is 0.417. The van der Waals surface area contributed by atoms with E-state index >= 15 is 0 Å². The van der Waals surface area contributed by atoms with Crippen molar-refractivity contribution in [2.75, 3.05) is 31.1 Å². The number of benzene rings is 1. The van der Waals surface area contributed by atoms with E-state index in [0.29, 0.717) is 17.0 Å². The third-order valence-corrected chi connectivity index (χ3v) is 6.57. The van der Waals surface area contributed by atoms with E-state index in [1.54, 1.807) is 24.5 Å². The third kappa shape index (κ3) is 4.86. The van der Waals surface area contributed by atoms with Crippen molar-refractivity contribution in [1.82, 2.24) is 25.8 Å². The number of hydrogen-bond donors (Lipinski definition) is 2. The average Bonchev–Trinajstić information content (AvgIpc) is 3.40. The van der Waals surface area contributed by atoms with Gasteiger partial charge >= 0.3 is 6.18 Å². The van der Waals surface area contributed by atoms with Gasteiger partial charge in [0.05, 0.1) is 17.4 Å². The predicted octanol–water partition coefficient (Wildman–Crippen LogP) is 3.54. The minimum Gasteiger partial charge on any atom is -0.367 e. The van der Waals surface area contributed by atoms with Crippen molar-refractivity contribution in [2.45, 2.75) is 37.9 Å². The first-order chi connectivity index (χ1) is 16.7. The molecule has 0 bridgehead atoms. The van der Waals surface area contributed by atoms with E-state index in [1.807, 2.05) is 6.92 Å². The highest BCUT2D eigenvalue weighted by Gasteiger charge is 2.45. The van der Waals surface area contributed by atoms with E-state index in [2.05, 4.69) is 30.7 Å². The van der Waals surface area contributed by atoms with Crippen molar-refractivity contribution in [2.24, 2.45) is 0 Å². The standard InChI is InChI=1S/C24H25F3N6O2/c1-23(5-6-23)22-31-20(32-35-22)21(34)30-13-16-3-2-15(12-18(16)24(25,26)27)17-4-7-29-14-19(17)33-10-8-28-9-11-33/h2-4,7,12,14,28H,5-6,8-11,13H2,1H3,(H,30,34). The van der Waals surface area contributed by atoms with Crippen molar-refractivity contribution in [3.8, 4) is 11.1 Å². The number of pyridine rings is 1. The van der Waals surface area contributed by atoms with Crippen LogP contribution in [0.2, 0.25) is 0 Å². The minimum absolute atomic E-state index is 0.0507. The van der Waals surface area contributed by atoms with Gasteiger partial charge in [-0.1, -0.05) is 24.2 Å². The molecule has 8 nitrogen and oxygen atoms in total. The van der Waals surface area contributed by atoms with Crippen molar-refractivity contribution in [3.63, 3.8) is 0 Å². The van der Waals surface area contributed by atoms with Crippen LogP contribution < -0.4 is 15.5 Å². The van der Waals surface area contributed by atoms with Crippen LogP contribution in [0.1, 0.15) is 47.4 Å². The van der Waals surface area contributed by atoms with Gasteiger partial charge in [-0.2, -0.15) is 18.2 Å². The molecule has 5 rings (SSSR count). The second kappa shape index (κ2) is 8.95. The number of nitrogens with zero attached hydrogens (tertiary/aromatic N) is 4. The molecule has 1 amide bonds. The van der Waals surface area contributed by atoms with E-state index in [-0.39, 0.29) is 23.3 Å². The first kappa shape index (κ1) is 23.3. The molecule has 1 aliphatic heterocycles. The Hall–Kier alpha value is -3.47. The van der Waals surface area contributed by atoms with Crippen molar-refractivity contribution in [3.05, 3.63) is 59.5 Å². The summed E-state index contributed by atoms with van der Waals surface area (Å²) in [6.45, 7) is 4.70. The lowest BCUT2D eigenvalue weighted by atomic mass is 9.97.